The van der Waals surface area contributed by atoms with Crippen molar-refractivity contribution < 1.29 is 32.3 Å². The maximum Gasteiger partial charge on any atom is 0.387 e. The Bertz CT molecular complexity index is 1060. The number of benzene rings is 1. The van der Waals surface area contributed by atoms with E-state index in [-0.39, 0.29) is 40.8 Å². The van der Waals surface area contributed by atoms with Gasteiger partial charge in [0, 0.05) is 38.8 Å². The van der Waals surface area contributed by atoms with Crippen molar-refractivity contribution in [1.82, 2.24) is 20.1 Å². The second kappa shape index (κ2) is 10.5. The van der Waals surface area contributed by atoms with Crippen molar-refractivity contribution in [2.24, 2.45) is 11.7 Å². The van der Waals surface area contributed by atoms with Gasteiger partial charge in [-0.1, -0.05) is 0 Å². The van der Waals surface area contributed by atoms with Crippen LogP contribution in [0, 0.1) is 5.92 Å². The third-order valence-electron chi connectivity index (χ3n) is 5.92. The fourth-order valence-electron chi connectivity index (χ4n) is 3.78. The number of carbonyl (C=O) groups is 2. The van der Waals surface area contributed by atoms with E-state index >= 15 is 0 Å². The van der Waals surface area contributed by atoms with Gasteiger partial charge in [-0.05, 0) is 43.9 Å². The lowest BCUT2D eigenvalue weighted by Crippen LogP contribution is -2.52. The largest absolute Gasteiger partial charge is 0.489 e. The van der Waals surface area contributed by atoms with Crippen LogP contribution in [0.25, 0.3) is 11.5 Å². The average molecular weight is 494 g/mol. The lowest BCUT2D eigenvalue weighted by molar-refractivity contribution is -0.0515. The third-order valence-corrected chi connectivity index (χ3v) is 5.92. The molecule has 1 aliphatic carbocycles. The van der Waals surface area contributed by atoms with E-state index < -0.39 is 12.7 Å². The van der Waals surface area contributed by atoms with Gasteiger partial charge in [-0.25, -0.2) is 9.78 Å². The summed E-state index contributed by atoms with van der Waals surface area (Å²) in [5.74, 6) is 0.433. The molecular weight excluding hydrogens is 464 g/mol. The first kappa shape index (κ1) is 24.7. The molecule has 35 heavy (non-hydrogen) atoms. The Balaban J connectivity index is 1.57. The van der Waals surface area contributed by atoms with E-state index in [0.29, 0.717) is 44.3 Å². The molecule has 1 aromatic heterocycles. The third kappa shape index (κ3) is 5.81. The van der Waals surface area contributed by atoms with Crippen molar-refractivity contribution in [3.63, 3.8) is 0 Å². The molecule has 1 aromatic carbocycles. The number of alkyl halides is 2. The molecule has 2 heterocycles. The van der Waals surface area contributed by atoms with Crippen molar-refractivity contribution in [2.45, 2.75) is 32.4 Å². The molecule has 3 amide bonds. The quantitative estimate of drug-likeness (QED) is 0.580. The molecule has 1 aliphatic heterocycles. The Kier molecular flexibility index (Phi) is 7.39. The van der Waals surface area contributed by atoms with Gasteiger partial charge in [0.25, 0.3) is 5.91 Å². The Morgan fingerprint density at radius 1 is 1.20 bits per heavy atom. The number of aromatic nitrogens is 1. The molecule has 190 valence electrons. The summed E-state index contributed by atoms with van der Waals surface area (Å²) in [5.41, 5.74) is 6.57. The van der Waals surface area contributed by atoms with Crippen LogP contribution in [-0.4, -0.2) is 73.2 Å². The predicted octanol–water partition coefficient (Wildman–Crippen LogP) is 2.85. The van der Waals surface area contributed by atoms with Crippen LogP contribution >= 0.6 is 0 Å². The van der Waals surface area contributed by atoms with E-state index in [2.05, 4.69) is 15.0 Å². The van der Waals surface area contributed by atoms with Gasteiger partial charge in [-0.15, -0.1) is 0 Å². The van der Waals surface area contributed by atoms with E-state index in [1.807, 2.05) is 0 Å². The number of oxazole rings is 1. The van der Waals surface area contributed by atoms with E-state index in [1.54, 1.807) is 23.8 Å². The number of ether oxygens (including phenoxy) is 2. The molecule has 2 fully saturated rings. The highest BCUT2D eigenvalue weighted by atomic mass is 19.3. The second-order valence-electron chi connectivity index (χ2n) is 8.65. The predicted molar refractivity (Wildman–Crippen MR) is 121 cm³/mol. The zero-order valence-corrected chi connectivity index (χ0v) is 19.6. The minimum absolute atomic E-state index is 0.0803. The summed E-state index contributed by atoms with van der Waals surface area (Å²) >= 11 is 0. The van der Waals surface area contributed by atoms with Crippen LogP contribution in [0.1, 0.15) is 42.1 Å². The minimum atomic E-state index is -3.00. The standard InChI is InChI=1S/C23H29F2N5O5/c1-13(26)19-18(21(31)29-7-9-30(10-8-29)23(32)27-2)28-20(35-19)15-5-6-16(34-22(24)25)17(11-15)33-12-14-3-4-14/h5-6,11,13-14,22H,3-4,7-10,12,26H2,1-2H3,(H,27,32)/t13-/m0/s1. The number of piperazine rings is 1. The summed E-state index contributed by atoms with van der Waals surface area (Å²) < 4.78 is 41.9. The number of halogens is 2. The lowest BCUT2D eigenvalue weighted by atomic mass is 10.2. The van der Waals surface area contributed by atoms with E-state index in [4.69, 9.17) is 14.9 Å². The highest BCUT2D eigenvalue weighted by Crippen LogP contribution is 2.37. The summed E-state index contributed by atoms with van der Waals surface area (Å²) in [5, 5.41) is 2.57. The Hall–Kier alpha value is -3.41. The number of rotatable bonds is 8. The van der Waals surface area contributed by atoms with Crippen molar-refractivity contribution in [2.75, 3.05) is 39.8 Å². The number of amides is 3. The van der Waals surface area contributed by atoms with Gasteiger partial charge in [-0.3, -0.25) is 4.79 Å². The summed E-state index contributed by atoms with van der Waals surface area (Å²) in [6, 6.07) is 3.56. The van der Waals surface area contributed by atoms with Crippen molar-refractivity contribution >= 4 is 11.9 Å². The first-order valence-corrected chi connectivity index (χ1v) is 11.5. The Labute approximate surface area is 201 Å². The lowest BCUT2D eigenvalue weighted by Gasteiger charge is -2.34. The number of nitrogens with two attached hydrogens (primary N) is 1. The van der Waals surface area contributed by atoms with Crippen LogP contribution in [0.15, 0.2) is 22.6 Å². The van der Waals surface area contributed by atoms with Crippen LogP contribution in [0.5, 0.6) is 11.5 Å². The molecule has 2 aliphatic rings. The molecule has 1 atom stereocenters. The Morgan fingerprint density at radius 2 is 1.89 bits per heavy atom. The Morgan fingerprint density at radius 3 is 2.49 bits per heavy atom. The zero-order valence-electron chi connectivity index (χ0n) is 19.6. The molecule has 0 spiro atoms. The number of hydrogen-bond acceptors (Lipinski definition) is 7. The number of nitrogens with one attached hydrogen (secondary N) is 1. The van der Waals surface area contributed by atoms with E-state index in [0.717, 1.165) is 12.8 Å². The molecule has 4 rings (SSSR count). The van der Waals surface area contributed by atoms with Crippen LogP contribution < -0.4 is 20.5 Å². The highest BCUT2D eigenvalue weighted by Gasteiger charge is 2.31. The second-order valence-corrected chi connectivity index (χ2v) is 8.65. The van der Waals surface area contributed by atoms with E-state index in [1.165, 1.54) is 18.2 Å². The summed E-state index contributed by atoms with van der Waals surface area (Å²) in [6.45, 7) is 0.522. The molecule has 1 saturated carbocycles. The fourth-order valence-corrected chi connectivity index (χ4v) is 3.78. The van der Waals surface area contributed by atoms with Crippen molar-refractivity contribution in [1.29, 1.82) is 0 Å². The first-order valence-electron chi connectivity index (χ1n) is 11.5. The molecule has 0 unspecified atom stereocenters. The number of carbonyl (C=O) groups excluding carboxylic acids is 2. The molecule has 10 nitrogen and oxygen atoms in total. The molecular formula is C23H29F2N5O5. The zero-order chi connectivity index (χ0) is 25.1. The van der Waals surface area contributed by atoms with Gasteiger partial charge < -0.3 is 34.7 Å². The maximum absolute atomic E-state index is 13.2. The molecule has 0 bridgehead atoms. The van der Waals surface area contributed by atoms with Gasteiger partial charge in [0.1, 0.15) is 0 Å². The van der Waals surface area contributed by atoms with E-state index in [9.17, 15) is 18.4 Å². The van der Waals surface area contributed by atoms with Gasteiger partial charge in [-0.2, -0.15) is 8.78 Å². The minimum Gasteiger partial charge on any atom is -0.489 e. The smallest absolute Gasteiger partial charge is 0.387 e. The van der Waals surface area contributed by atoms with Crippen molar-refractivity contribution in [3.8, 4) is 23.0 Å². The number of nitrogens with zero attached hydrogens (tertiary/aromatic N) is 3. The molecule has 0 radical (unpaired) electrons. The molecule has 12 heteroatoms. The fraction of sp³-hybridized carbons (Fsp3) is 0.522. The maximum atomic E-state index is 13.2. The van der Waals surface area contributed by atoms with Crippen LogP contribution in [0.4, 0.5) is 13.6 Å². The van der Waals surface area contributed by atoms with Crippen molar-refractivity contribution in [3.05, 3.63) is 29.7 Å². The van der Waals surface area contributed by atoms with Gasteiger partial charge >= 0.3 is 12.6 Å². The summed E-state index contributed by atoms with van der Waals surface area (Å²) in [7, 11) is 1.56. The number of hydrogen-bond donors (Lipinski definition) is 2. The van der Waals surface area contributed by atoms with Crippen LogP contribution in [-0.2, 0) is 0 Å². The van der Waals surface area contributed by atoms with Crippen LogP contribution in [0.2, 0.25) is 0 Å². The first-order chi connectivity index (χ1) is 16.8. The van der Waals surface area contributed by atoms with Gasteiger partial charge in [0.05, 0.1) is 12.6 Å². The monoisotopic (exact) mass is 493 g/mol. The molecule has 2 aromatic rings. The average Bonchev–Trinajstić information content (AvgIpc) is 3.57. The SMILES string of the molecule is CNC(=O)N1CCN(C(=O)c2nc(-c3ccc(OC(F)F)c(OCC4CC4)c3)oc2[C@H](C)N)CC1. The topological polar surface area (TPSA) is 123 Å². The highest BCUT2D eigenvalue weighted by molar-refractivity contribution is 5.94. The number of urea groups is 1. The molecule has 1 saturated heterocycles. The summed E-state index contributed by atoms with van der Waals surface area (Å²) in [6.07, 6.45) is 2.07. The van der Waals surface area contributed by atoms with Crippen LogP contribution in [0.3, 0.4) is 0 Å². The summed E-state index contributed by atoms with van der Waals surface area (Å²) in [4.78, 5) is 32.7. The normalized spacial score (nSPS) is 16.9. The van der Waals surface area contributed by atoms with Gasteiger partial charge in [0.2, 0.25) is 5.89 Å². The van der Waals surface area contributed by atoms with Gasteiger partial charge in [0.15, 0.2) is 23.0 Å². The molecule has 3 N–H and O–H groups in total.